The van der Waals surface area contributed by atoms with Crippen molar-refractivity contribution in [3.63, 3.8) is 0 Å². The second-order valence-corrected chi connectivity index (χ2v) is 7.01. The summed E-state index contributed by atoms with van der Waals surface area (Å²) in [5.41, 5.74) is 1.65. The number of oxazole rings is 1. The molecular weight excluding hydrogens is 318 g/mol. The topological polar surface area (TPSA) is 66.7 Å². The third-order valence-corrected chi connectivity index (χ3v) is 5.34. The molecule has 0 N–H and O–H groups in total. The fraction of sp³-hybridized carbons (Fsp3) is 0.526. The first-order valence-corrected chi connectivity index (χ1v) is 9.05. The number of nitrogens with zero attached hydrogens (tertiary/aromatic N) is 3. The Morgan fingerprint density at radius 1 is 1.16 bits per heavy atom. The molecule has 6 heteroatoms. The van der Waals surface area contributed by atoms with Crippen molar-refractivity contribution in [1.29, 1.82) is 0 Å². The van der Waals surface area contributed by atoms with Crippen molar-refractivity contribution >= 4 is 22.9 Å². The van der Waals surface area contributed by atoms with Gasteiger partial charge in [0.25, 0.3) is 0 Å². The van der Waals surface area contributed by atoms with Crippen LogP contribution in [0.5, 0.6) is 0 Å². The maximum Gasteiger partial charge on any atom is 0.245 e. The summed E-state index contributed by atoms with van der Waals surface area (Å²) >= 11 is 0. The van der Waals surface area contributed by atoms with Gasteiger partial charge in [0.1, 0.15) is 11.6 Å². The van der Waals surface area contributed by atoms with Gasteiger partial charge in [0, 0.05) is 26.6 Å². The van der Waals surface area contributed by atoms with E-state index in [-0.39, 0.29) is 23.8 Å². The molecule has 132 valence electrons. The van der Waals surface area contributed by atoms with Crippen molar-refractivity contribution in [2.75, 3.05) is 19.6 Å². The molecule has 0 bridgehead atoms. The SMILES string of the molecule is CC(=O)N1CCC[C@@H]1C(=O)N1CCC[C@H](c2nc3ccccc3o2)C1. The third-order valence-electron chi connectivity index (χ3n) is 5.34. The van der Waals surface area contributed by atoms with E-state index < -0.39 is 0 Å². The monoisotopic (exact) mass is 341 g/mol. The van der Waals surface area contributed by atoms with Crippen molar-refractivity contribution < 1.29 is 14.0 Å². The maximum atomic E-state index is 12.9. The normalized spacial score (nSPS) is 24.0. The van der Waals surface area contributed by atoms with Gasteiger partial charge in [-0.05, 0) is 37.8 Å². The highest BCUT2D eigenvalue weighted by molar-refractivity contribution is 5.87. The van der Waals surface area contributed by atoms with Gasteiger partial charge in [-0.3, -0.25) is 9.59 Å². The lowest BCUT2D eigenvalue weighted by atomic mass is 9.97. The molecule has 2 aliphatic heterocycles. The van der Waals surface area contributed by atoms with Crippen LogP contribution < -0.4 is 0 Å². The quantitative estimate of drug-likeness (QED) is 0.842. The predicted molar refractivity (Wildman–Crippen MR) is 93.0 cm³/mol. The van der Waals surface area contributed by atoms with Gasteiger partial charge in [-0.1, -0.05) is 12.1 Å². The first-order chi connectivity index (χ1) is 12.1. The number of likely N-dealkylation sites (tertiary alicyclic amines) is 2. The molecule has 2 fully saturated rings. The molecule has 3 heterocycles. The van der Waals surface area contributed by atoms with Crippen LogP contribution in [-0.4, -0.2) is 52.3 Å². The molecule has 0 aliphatic carbocycles. The van der Waals surface area contributed by atoms with Crippen LogP contribution in [0.3, 0.4) is 0 Å². The van der Waals surface area contributed by atoms with Crippen LogP contribution in [0.4, 0.5) is 0 Å². The van der Waals surface area contributed by atoms with E-state index in [9.17, 15) is 9.59 Å². The molecule has 0 saturated carbocycles. The molecule has 6 nitrogen and oxygen atoms in total. The van der Waals surface area contributed by atoms with Crippen molar-refractivity contribution in [2.24, 2.45) is 0 Å². The number of hydrogen-bond acceptors (Lipinski definition) is 4. The number of benzene rings is 1. The van der Waals surface area contributed by atoms with Crippen LogP contribution in [0.25, 0.3) is 11.1 Å². The highest BCUT2D eigenvalue weighted by Crippen LogP contribution is 2.30. The standard InChI is InChI=1S/C19H23N3O3/c1-13(23)22-11-5-8-16(22)19(24)21-10-4-6-14(12-21)18-20-15-7-2-3-9-17(15)25-18/h2-3,7,9,14,16H,4-6,8,10-12H2,1H3/t14-,16+/m0/s1. The molecule has 0 radical (unpaired) electrons. The van der Waals surface area contributed by atoms with Crippen molar-refractivity contribution in [2.45, 2.75) is 44.6 Å². The Kier molecular flexibility index (Phi) is 4.19. The Hall–Kier alpha value is -2.37. The van der Waals surface area contributed by atoms with Crippen LogP contribution in [0.1, 0.15) is 44.4 Å². The Balaban J connectivity index is 1.50. The number of amides is 2. The second kappa shape index (κ2) is 6.50. The van der Waals surface area contributed by atoms with Gasteiger partial charge in [0.2, 0.25) is 11.8 Å². The summed E-state index contributed by atoms with van der Waals surface area (Å²) in [5, 5.41) is 0. The lowest BCUT2D eigenvalue weighted by Crippen LogP contribution is -2.49. The van der Waals surface area contributed by atoms with Crippen LogP contribution in [0.15, 0.2) is 28.7 Å². The Labute approximate surface area is 146 Å². The lowest BCUT2D eigenvalue weighted by Gasteiger charge is -2.35. The molecule has 0 spiro atoms. The molecular formula is C19H23N3O3. The zero-order valence-electron chi connectivity index (χ0n) is 14.5. The van der Waals surface area contributed by atoms with Gasteiger partial charge in [-0.15, -0.1) is 0 Å². The van der Waals surface area contributed by atoms with Gasteiger partial charge in [0.05, 0.1) is 5.92 Å². The first kappa shape index (κ1) is 16.1. The van der Waals surface area contributed by atoms with E-state index in [1.165, 1.54) is 0 Å². The number of carbonyl (C=O) groups is 2. The number of para-hydroxylation sites is 2. The molecule has 1 aromatic heterocycles. The molecule has 2 atom stereocenters. The largest absolute Gasteiger partial charge is 0.440 e. The highest BCUT2D eigenvalue weighted by atomic mass is 16.3. The number of fused-ring (bicyclic) bond motifs is 1. The summed E-state index contributed by atoms with van der Waals surface area (Å²) in [5.74, 6) is 0.905. The minimum Gasteiger partial charge on any atom is -0.440 e. The van der Waals surface area contributed by atoms with E-state index in [0.29, 0.717) is 19.0 Å². The minimum absolute atomic E-state index is 0.0108. The van der Waals surface area contributed by atoms with Gasteiger partial charge in [-0.25, -0.2) is 4.98 Å². The van der Waals surface area contributed by atoms with E-state index in [1.54, 1.807) is 11.8 Å². The lowest BCUT2D eigenvalue weighted by molar-refractivity contribution is -0.143. The Morgan fingerprint density at radius 2 is 1.96 bits per heavy atom. The van der Waals surface area contributed by atoms with Crippen LogP contribution in [-0.2, 0) is 9.59 Å². The number of hydrogen-bond donors (Lipinski definition) is 0. The first-order valence-electron chi connectivity index (χ1n) is 9.05. The fourth-order valence-corrected chi connectivity index (χ4v) is 4.05. The summed E-state index contributed by atoms with van der Waals surface area (Å²) < 4.78 is 5.91. The van der Waals surface area contributed by atoms with Gasteiger partial charge >= 0.3 is 0 Å². The molecule has 1 aromatic carbocycles. The van der Waals surface area contributed by atoms with Crippen molar-refractivity contribution in [3.8, 4) is 0 Å². The summed E-state index contributed by atoms with van der Waals surface area (Å²) in [6, 6.07) is 7.45. The van der Waals surface area contributed by atoms with Crippen LogP contribution in [0, 0.1) is 0 Å². The van der Waals surface area contributed by atoms with Crippen molar-refractivity contribution in [3.05, 3.63) is 30.2 Å². The predicted octanol–water partition coefficient (Wildman–Crippen LogP) is 2.54. The smallest absolute Gasteiger partial charge is 0.245 e. The molecule has 0 unspecified atom stereocenters. The highest BCUT2D eigenvalue weighted by Gasteiger charge is 2.37. The summed E-state index contributed by atoms with van der Waals surface area (Å²) in [6.07, 6.45) is 3.57. The zero-order chi connectivity index (χ0) is 17.4. The third kappa shape index (κ3) is 3.01. The Bertz CT molecular complexity index is 767. The zero-order valence-corrected chi connectivity index (χ0v) is 14.5. The Morgan fingerprint density at radius 3 is 2.76 bits per heavy atom. The van der Waals surface area contributed by atoms with E-state index >= 15 is 0 Å². The molecule has 4 rings (SSSR count). The summed E-state index contributed by atoms with van der Waals surface area (Å²) in [6.45, 7) is 3.60. The molecule has 2 aliphatic rings. The number of piperidine rings is 1. The molecule has 2 saturated heterocycles. The van der Waals surface area contributed by atoms with Crippen molar-refractivity contribution in [1.82, 2.24) is 14.8 Å². The van der Waals surface area contributed by atoms with E-state index in [0.717, 1.165) is 43.3 Å². The maximum absolute atomic E-state index is 12.9. The molecule has 25 heavy (non-hydrogen) atoms. The average molecular weight is 341 g/mol. The van der Waals surface area contributed by atoms with Gasteiger partial charge in [-0.2, -0.15) is 0 Å². The average Bonchev–Trinajstić information content (AvgIpc) is 3.28. The van der Waals surface area contributed by atoms with E-state index in [1.807, 2.05) is 29.2 Å². The van der Waals surface area contributed by atoms with Gasteiger partial charge in [0.15, 0.2) is 11.5 Å². The number of rotatable bonds is 2. The van der Waals surface area contributed by atoms with Crippen LogP contribution in [0.2, 0.25) is 0 Å². The van der Waals surface area contributed by atoms with Crippen LogP contribution >= 0.6 is 0 Å². The molecule has 2 amide bonds. The number of aromatic nitrogens is 1. The van der Waals surface area contributed by atoms with E-state index in [2.05, 4.69) is 4.98 Å². The number of carbonyl (C=O) groups excluding carboxylic acids is 2. The fourth-order valence-electron chi connectivity index (χ4n) is 4.05. The second-order valence-electron chi connectivity index (χ2n) is 7.01. The summed E-state index contributed by atoms with van der Waals surface area (Å²) in [4.78, 5) is 32.9. The molecule has 2 aromatic rings. The van der Waals surface area contributed by atoms with Gasteiger partial charge < -0.3 is 14.2 Å². The summed E-state index contributed by atoms with van der Waals surface area (Å²) in [7, 11) is 0. The van der Waals surface area contributed by atoms with E-state index in [4.69, 9.17) is 4.42 Å². The minimum atomic E-state index is -0.292.